The normalized spacial score (nSPS) is 21.5. The second-order valence-corrected chi connectivity index (χ2v) is 2.49. The zero-order chi connectivity index (χ0) is 8.16. The monoisotopic (exact) mass is 153 g/mol. The predicted octanol–water partition coefficient (Wildman–Crippen LogP) is 2.04. The molecule has 2 heteroatoms. The van der Waals surface area contributed by atoms with Gasteiger partial charge in [-0.2, -0.15) is 0 Å². The van der Waals surface area contributed by atoms with E-state index in [2.05, 4.69) is 13.2 Å². The van der Waals surface area contributed by atoms with Crippen LogP contribution in [0, 0.1) is 6.61 Å². The summed E-state index contributed by atoms with van der Waals surface area (Å²) < 4.78 is 10.7. The molecule has 1 aliphatic heterocycles. The third-order valence-corrected chi connectivity index (χ3v) is 1.62. The summed E-state index contributed by atoms with van der Waals surface area (Å²) in [5.74, 6) is -0.497. The quantitative estimate of drug-likeness (QED) is 0.575. The van der Waals surface area contributed by atoms with E-state index in [4.69, 9.17) is 9.47 Å². The molecule has 1 fully saturated rings. The number of hydrogen-bond donors (Lipinski definition) is 0. The maximum absolute atomic E-state index is 5.40. The van der Waals surface area contributed by atoms with Gasteiger partial charge in [0.05, 0.1) is 6.61 Å². The highest BCUT2D eigenvalue weighted by Gasteiger charge is 2.33. The minimum atomic E-state index is -0.497. The highest BCUT2D eigenvalue weighted by atomic mass is 16.7. The Bertz CT molecular complexity index is 134. The smallest absolute Gasteiger partial charge is 0.175 e. The summed E-state index contributed by atoms with van der Waals surface area (Å²) >= 11 is 0. The van der Waals surface area contributed by atoms with Gasteiger partial charge >= 0.3 is 0 Å². The Kier molecular flexibility index (Phi) is 2.85. The first-order valence-corrected chi connectivity index (χ1v) is 3.68. The largest absolute Gasteiger partial charge is 0.346 e. The van der Waals surface area contributed by atoms with Gasteiger partial charge in [-0.15, -0.1) is 13.2 Å². The molecule has 1 aliphatic rings. The van der Waals surface area contributed by atoms with Gasteiger partial charge in [0.15, 0.2) is 5.79 Å². The predicted molar refractivity (Wildman–Crippen MR) is 43.7 cm³/mol. The summed E-state index contributed by atoms with van der Waals surface area (Å²) in [6, 6.07) is 0. The van der Waals surface area contributed by atoms with E-state index in [-0.39, 0.29) is 0 Å². The van der Waals surface area contributed by atoms with Crippen LogP contribution in [-0.2, 0) is 9.47 Å². The van der Waals surface area contributed by atoms with Crippen LogP contribution in [0.5, 0.6) is 0 Å². The molecule has 0 aromatic carbocycles. The van der Waals surface area contributed by atoms with Gasteiger partial charge in [0.1, 0.15) is 6.61 Å². The van der Waals surface area contributed by atoms with E-state index >= 15 is 0 Å². The van der Waals surface area contributed by atoms with Crippen LogP contribution in [0.4, 0.5) is 0 Å². The molecule has 1 heterocycles. The maximum Gasteiger partial charge on any atom is 0.175 e. The van der Waals surface area contributed by atoms with Crippen LogP contribution in [0.25, 0.3) is 0 Å². The molecule has 0 atom stereocenters. The summed E-state index contributed by atoms with van der Waals surface area (Å²) in [6.07, 6.45) is 5.00. The SMILES string of the molecule is C=CCC1(CC=C)O[CH]CO1. The third kappa shape index (κ3) is 1.91. The number of hydrogen-bond acceptors (Lipinski definition) is 2. The zero-order valence-electron chi connectivity index (χ0n) is 6.58. The van der Waals surface area contributed by atoms with Gasteiger partial charge in [0.25, 0.3) is 0 Å². The van der Waals surface area contributed by atoms with Gasteiger partial charge in [-0.05, 0) is 0 Å². The van der Waals surface area contributed by atoms with E-state index in [9.17, 15) is 0 Å². The molecule has 0 amide bonds. The van der Waals surface area contributed by atoms with Crippen LogP contribution >= 0.6 is 0 Å². The summed E-state index contributed by atoms with van der Waals surface area (Å²) in [6.45, 7) is 9.52. The van der Waals surface area contributed by atoms with Crippen LogP contribution in [-0.4, -0.2) is 12.4 Å². The van der Waals surface area contributed by atoms with Crippen LogP contribution in [0.1, 0.15) is 12.8 Å². The summed E-state index contributed by atoms with van der Waals surface area (Å²) in [7, 11) is 0. The van der Waals surface area contributed by atoms with E-state index in [1.807, 2.05) is 0 Å². The van der Waals surface area contributed by atoms with Gasteiger partial charge in [-0.3, -0.25) is 0 Å². The lowest BCUT2D eigenvalue weighted by molar-refractivity contribution is -0.143. The molecule has 0 spiro atoms. The molecule has 0 aromatic heterocycles. The third-order valence-electron chi connectivity index (χ3n) is 1.62. The summed E-state index contributed by atoms with van der Waals surface area (Å²) in [5.41, 5.74) is 0. The second kappa shape index (κ2) is 3.69. The lowest BCUT2D eigenvalue weighted by atomic mass is 10.1. The van der Waals surface area contributed by atoms with Crippen molar-refractivity contribution in [2.45, 2.75) is 18.6 Å². The Labute approximate surface area is 67.5 Å². The Morgan fingerprint density at radius 3 is 2.36 bits per heavy atom. The molecule has 0 aromatic rings. The molecule has 11 heavy (non-hydrogen) atoms. The van der Waals surface area contributed by atoms with Crippen molar-refractivity contribution in [1.82, 2.24) is 0 Å². The van der Waals surface area contributed by atoms with Crippen LogP contribution < -0.4 is 0 Å². The van der Waals surface area contributed by atoms with Crippen molar-refractivity contribution >= 4 is 0 Å². The van der Waals surface area contributed by atoms with Crippen molar-refractivity contribution in [2.75, 3.05) is 6.61 Å². The lowest BCUT2D eigenvalue weighted by Crippen LogP contribution is -2.27. The molecule has 61 valence electrons. The topological polar surface area (TPSA) is 18.5 Å². The Morgan fingerprint density at radius 1 is 1.36 bits per heavy atom. The molecule has 0 unspecified atom stereocenters. The van der Waals surface area contributed by atoms with Gasteiger partial charge in [0, 0.05) is 12.8 Å². The fourth-order valence-corrected chi connectivity index (χ4v) is 1.14. The minimum Gasteiger partial charge on any atom is -0.346 e. The van der Waals surface area contributed by atoms with Crippen molar-refractivity contribution in [3.05, 3.63) is 31.9 Å². The first kappa shape index (κ1) is 8.50. The number of rotatable bonds is 4. The van der Waals surface area contributed by atoms with E-state index in [0.717, 1.165) is 0 Å². The van der Waals surface area contributed by atoms with Crippen molar-refractivity contribution in [2.24, 2.45) is 0 Å². The molecule has 1 radical (unpaired) electrons. The standard InChI is InChI=1S/C9H13O2/c1-3-5-9(6-4-2)10-7-8-11-9/h3-4,7H,1-2,5-6,8H2. The fourth-order valence-electron chi connectivity index (χ4n) is 1.14. The lowest BCUT2D eigenvalue weighted by Gasteiger charge is -2.23. The Morgan fingerprint density at radius 2 is 2.00 bits per heavy atom. The minimum absolute atomic E-state index is 0.497. The first-order chi connectivity index (χ1) is 5.33. The van der Waals surface area contributed by atoms with E-state index < -0.39 is 5.79 Å². The molecule has 0 aliphatic carbocycles. The van der Waals surface area contributed by atoms with Crippen molar-refractivity contribution in [3.63, 3.8) is 0 Å². The Balaban J connectivity index is 2.53. The van der Waals surface area contributed by atoms with Crippen LogP contribution in [0.2, 0.25) is 0 Å². The first-order valence-electron chi connectivity index (χ1n) is 3.68. The van der Waals surface area contributed by atoms with Crippen LogP contribution in [0.3, 0.4) is 0 Å². The molecule has 1 saturated heterocycles. The molecule has 1 rings (SSSR count). The van der Waals surface area contributed by atoms with E-state index in [0.29, 0.717) is 19.4 Å². The van der Waals surface area contributed by atoms with Gasteiger partial charge < -0.3 is 9.47 Å². The van der Waals surface area contributed by atoms with Crippen molar-refractivity contribution < 1.29 is 9.47 Å². The average molecular weight is 153 g/mol. The summed E-state index contributed by atoms with van der Waals surface area (Å²) in [5, 5.41) is 0. The second-order valence-electron chi connectivity index (χ2n) is 2.49. The van der Waals surface area contributed by atoms with E-state index in [1.54, 1.807) is 18.8 Å². The molecule has 0 N–H and O–H groups in total. The number of ether oxygens (including phenoxy) is 2. The molecule has 2 nitrogen and oxygen atoms in total. The molecule has 0 saturated carbocycles. The van der Waals surface area contributed by atoms with Gasteiger partial charge in [-0.25, -0.2) is 0 Å². The highest BCUT2D eigenvalue weighted by Crippen LogP contribution is 2.29. The van der Waals surface area contributed by atoms with Crippen molar-refractivity contribution in [1.29, 1.82) is 0 Å². The van der Waals surface area contributed by atoms with Crippen molar-refractivity contribution in [3.8, 4) is 0 Å². The van der Waals surface area contributed by atoms with Crippen LogP contribution in [0.15, 0.2) is 25.3 Å². The van der Waals surface area contributed by atoms with Gasteiger partial charge in [0.2, 0.25) is 0 Å². The molecular weight excluding hydrogens is 140 g/mol. The zero-order valence-corrected chi connectivity index (χ0v) is 6.58. The average Bonchev–Trinajstić information content (AvgIpc) is 2.39. The maximum atomic E-state index is 5.40. The summed E-state index contributed by atoms with van der Waals surface area (Å²) in [4.78, 5) is 0. The Hall–Kier alpha value is -0.600. The van der Waals surface area contributed by atoms with E-state index in [1.165, 1.54) is 0 Å². The highest BCUT2D eigenvalue weighted by molar-refractivity contribution is 4.90. The fraction of sp³-hybridized carbons (Fsp3) is 0.444. The molecule has 0 bridgehead atoms. The molecular formula is C9H13O2. The van der Waals surface area contributed by atoms with Gasteiger partial charge in [-0.1, -0.05) is 12.2 Å².